The average Bonchev–Trinajstić information content (AvgIpc) is 2.29. The van der Waals surface area contributed by atoms with Crippen LogP contribution in [0.25, 0.3) is 4.98 Å². The minimum atomic E-state index is -2.21. The van der Waals surface area contributed by atoms with Crippen LogP contribution in [-0.4, -0.2) is 25.3 Å². The summed E-state index contributed by atoms with van der Waals surface area (Å²) in [5, 5.41) is 17.1. The first-order chi connectivity index (χ1) is 8.01. The van der Waals surface area contributed by atoms with E-state index in [0.717, 1.165) is 5.69 Å². The fourth-order valence-electron chi connectivity index (χ4n) is 1.05. The Bertz CT molecular complexity index is 353. The zero-order valence-corrected chi connectivity index (χ0v) is 14.6. The van der Waals surface area contributed by atoms with Crippen LogP contribution in [0.3, 0.4) is 0 Å². The number of nitrogens with zero attached hydrogens (tertiary/aromatic N) is 3. The molecule has 0 amide bonds. The van der Waals surface area contributed by atoms with E-state index in [-0.39, 0.29) is 6.61 Å². The fraction of sp³-hybridized carbons (Fsp3) is 0.333. The molecule has 0 atom stereocenters. The summed E-state index contributed by atoms with van der Waals surface area (Å²) in [4.78, 5) is 4.97. The monoisotopic (exact) mass is 347 g/mol. The van der Waals surface area contributed by atoms with Gasteiger partial charge in [0.1, 0.15) is 0 Å². The van der Waals surface area contributed by atoms with Crippen molar-refractivity contribution in [1.82, 2.24) is 0 Å². The zero-order valence-electron chi connectivity index (χ0n) is 9.35. The molecule has 4 nitrogen and oxygen atoms in total. The van der Waals surface area contributed by atoms with Gasteiger partial charge in [-0.1, -0.05) is 0 Å². The molecule has 17 heavy (non-hydrogen) atoms. The molecular weight excluding hydrogens is 338 g/mol. The number of anilines is 1. The topological polar surface area (TPSA) is 51.6 Å². The number of benzene rings is 1. The van der Waals surface area contributed by atoms with Crippen LogP contribution in [0.1, 0.15) is 0 Å². The van der Waals surface area contributed by atoms with Crippen LogP contribution >= 0.6 is 29.1 Å². The van der Waals surface area contributed by atoms with Crippen molar-refractivity contribution >= 4 is 40.4 Å². The third-order valence-electron chi connectivity index (χ3n) is 1.84. The number of aliphatic hydroxyl groups is 1. The molecule has 0 saturated carbocycles. The molecule has 0 aliphatic carbocycles. The molecule has 1 aromatic rings. The SMILES string of the molecule is CN(CCO)c1ccc([N+]#N)cc1.[Cl][Zn-]([Cl])[Cl]. The van der Waals surface area contributed by atoms with Gasteiger partial charge in [-0.05, 0) is 12.1 Å². The molecule has 92 valence electrons. The molecule has 8 heteroatoms. The summed E-state index contributed by atoms with van der Waals surface area (Å²) in [5.41, 5.74) is 1.52. The van der Waals surface area contributed by atoms with Gasteiger partial charge < -0.3 is 10.0 Å². The number of rotatable bonds is 3. The summed E-state index contributed by atoms with van der Waals surface area (Å²) >= 11 is -2.21. The Morgan fingerprint density at radius 3 is 2.12 bits per heavy atom. The molecule has 0 aliphatic heterocycles. The number of halogens is 3. The fourth-order valence-corrected chi connectivity index (χ4v) is 1.05. The summed E-state index contributed by atoms with van der Waals surface area (Å²) in [6.45, 7) is 0.720. The Kier molecular flexibility index (Phi) is 9.81. The summed E-state index contributed by atoms with van der Waals surface area (Å²) < 4.78 is 0. The summed E-state index contributed by atoms with van der Waals surface area (Å²) in [6.07, 6.45) is 0. The van der Waals surface area contributed by atoms with Gasteiger partial charge in [-0.25, -0.2) is 0 Å². The van der Waals surface area contributed by atoms with Crippen LogP contribution < -0.4 is 4.90 Å². The van der Waals surface area contributed by atoms with E-state index in [1.165, 1.54) is 0 Å². The van der Waals surface area contributed by atoms with Crippen molar-refractivity contribution in [2.75, 3.05) is 25.1 Å². The third kappa shape index (κ3) is 8.59. The van der Waals surface area contributed by atoms with E-state index in [1.807, 2.05) is 24.1 Å². The Labute approximate surface area is 118 Å². The molecule has 0 fully saturated rings. The van der Waals surface area contributed by atoms with Gasteiger partial charge in [-0.3, -0.25) is 0 Å². The number of diazo groups is 1. The van der Waals surface area contributed by atoms with Crippen LogP contribution in [0, 0.1) is 5.39 Å². The second-order valence-corrected chi connectivity index (χ2v) is 16.9. The quantitative estimate of drug-likeness (QED) is 0.669. The van der Waals surface area contributed by atoms with Gasteiger partial charge in [0.2, 0.25) is 5.39 Å². The molecule has 0 spiro atoms. The van der Waals surface area contributed by atoms with Crippen LogP contribution in [0.2, 0.25) is 0 Å². The Hall–Kier alpha value is -0.107. The maximum atomic E-state index is 8.70. The number of hydrogen-bond donors (Lipinski definition) is 1. The van der Waals surface area contributed by atoms with E-state index in [1.54, 1.807) is 12.1 Å². The molecule has 1 N–H and O–H groups in total. The van der Waals surface area contributed by atoms with Gasteiger partial charge in [-0.2, -0.15) is 0 Å². The van der Waals surface area contributed by atoms with Gasteiger partial charge in [0.15, 0.2) is 4.98 Å². The minimum absolute atomic E-state index is 0.128. The number of likely N-dealkylation sites (N-methyl/N-ethyl adjacent to an activating group) is 1. The first kappa shape index (κ1) is 16.9. The van der Waals surface area contributed by atoms with E-state index in [0.29, 0.717) is 12.2 Å². The van der Waals surface area contributed by atoms with Crippen LogP contribution in [-0.2, 0) is 13.0 Å². The van der Waals surface area contributed by atoms with E-state index in [2.05, 4.69) is 4.98 Å². The molecule has 1 aromatic carbocycles. The average molecular weight is 350 g/mol. The molecule has 1 rings (SSSR count). The number of hydrogen-bond acceptors (Lipinski definition) is 3. The van der Waals surface area contributed by atoms with Crippen molar-refractivity contribution in [1.29, 1.82) is 5.39 Å². The Morgan fingerprint density at radius 1 is 1.29 bits per heavy atom. The van der Waals surface area contributed by atoms with E-state index >= 15 is 0 Å². The molecule has 0 aromatic heterocycles. The van der Waals surface area contributed by atoms with E-state index in [4.69, 9.17) is 39.6 Å². The van der Waals surface area contributed by atoms with Gasteiger partial charge in [0.25, 0.3) is 0 Å². The molecule has 0 unspecified atom stereocenters. The van der Waals surface area contributed by atoms with Crippen molar-refractivity contribution in [3.63, 3.8) is 0 Å². The molecule has 0 aliphatic rings. The van der Waals surface area contributed by atoms with E-state index < -0.39 is 13.0 Å². The first-order valence-corrected chi connectivity index (χ1v) is 16.5. The molecule has 0 heterocycles. The van der Waals surface area contributed by atoms with Crippen LogP contribution in [0.15, 0.2) is 24.3 Å². The van der Waals surface area contributed by atoms with Crippen molar-refractivity contribution in [2.24, 2.45) is 0 Å². The summed E-state index contributed by atoms with van der Waals surface area (Å²) in [6, 6.07) is 7.10. The standard InChI is InChI=1S/C9H12N3O.3ClH.Zn/c1-12(6-7-13)9-4-2-8(11-10)3-5-9;;;;/h2-5,13H,6-7H2,1H3;3*1H;/q+1;;;;+2/p-3. The van der Waals surface area contributed by atoms with Gasteiger partial charge >= 0.3 is 47.7 Å². The van der Waals surface area contributed by atoms with Crippen molar-refractivity contribution in [3.8, 4) is 0 Å². The molecule has 0 saturated heterocycles. The Balaban J connectivity index is 0.000000557. The second kappa shape index (κ2) is 9.88. The molecule has 0 radical (unpaired) electrons. The molecular formula is C9H12Cl3N3OZn. The second-order valence-electron chi connectivity index (χ2n) is 3.06. The predicted molar refractivity (Wildman–Crippen MR) is 69.1 cm³/mol. The Morgan fingerprint density at radius 2 is 1.76 bits per heavy atom. The normalized spacial score (nSPS) is 8.71. The van der Waals surface area contributed by atoms with Gasteiger partial charge in [-0.15, -0.1) is 0 Å². The van der Waals surface area contributed by atoms with Crippen molar-refractivity contribution in [3.05, 3.63) is 29.2 Å². The van der Waals surface area contributed by atoms with Crippen LogP contribution in [0.5, 0.6) is 0 Å². The van der Waals surface area contributed by atoms with E-state index in [9.17, 15) is 0 Å². The molecule has 0 bridgehead atoms. The number of aliphatic hydroxyl groups excluding tert-OH is 1. The van der Waals surface area contributed by atoms with Crippen molar-refractivity contribution in [2.45, 2.75) is 0 Å². The zero-order chi connectivity index (χ0) is 13.3. The summed E-state index contributed by atoms with van der Waals surface area (Å²) in [5.74, 6) is 0. The summed E-state index contributed by atoms with van der Waals surface area (Å²) in [7, 11) is 16.9. The van der Waals surface area contributed by atoms with Crippen LogP contribution in [0.4, 0.5) is 11.4 Å². The first-order valence-electron chi connectivity index (χ1n) is 4.85. The van der Waals surface area contributed by atoms with Gasteiger partial charge in [0, 0.05) is 31.4 Å². The maximum absolute atomic E-state index is 8.70. The third-order valence-corrected chi connectivity index (χ3v) is 1.84. The predicted octanol–water partition coefficient (Wildman–Crippen LogP) is 3.67. The van der Waals surface area contributed by atoms with Crippen molar-refractivity contribution < 1.29 is 18.1 Å². The van der Waals surface area contributed by atoms with Gasteiger partial charge in [0.05, 0.1) is 6.61 Å².